The van der Waals surface area contributed by atoms with Crippen LogP contribution in [-0.4, -0.2) is 60.2 Å². The van der Waals surface area contributed by atoms with Gasteiger partial charge in [-0.2, -0.15) is 0 Å². The summed E-state index contributed by atoms with van der Waals surface area (Å²) in [6.45, 7) is 1.89. The Morgan fingerprint density at radius 3 is 2.65 bits per heavy atom. The zero-order chi connectivity index (χ0) is 26.2. The molecule has 0 radical (unpaired) electrons. The molecule has 0 bridgehead atoms. The van der Waals surface area contributed by atoms with E-state index in [1.165, 1.54) is 18.3 Å². The molecule has 2 aliphatic heterocycles. The third-order valence-corrected chi connectivity index (χ3v) is 7.86. The Bertz CT molecular complexity index is 1370. The van der Waals surface area contributed by atoms with Crippen LogP contribution in [0.5, 0.6) is 5.75 Å². The predicted octanol–water partition coefficient (Wildman–Crippen LogP) is 5.31. The summed E-state index contributed by atoms with van der Waals surface area (Å²) in [5.41, 5.74) is 1.31. The first-order chi connectivity index (χ1) is 17.8. The molecule has 2 aromatic carbocycles. The van der Waals surface area contributed by atoms with Gasteiger partial charge in [0, 0.05) is 38.1 Å². The van der Waals surface area contributed by atoms with Crippen LogP contribution in [0, 0.1) is 0 Å². The number of ketones is 1. The number of rotatable bonds is 8. The van der Waals surface area contributed by atoms with Crippen molar-refractivity contribution in [2.45, 2.75) is 30.9 Å². The second-order valence-corrected chi connectivity index (χ2v) is 10.1. The van der Waals surface area contributed by atoms with E-state index in [9.17, 15) is 14.7 Å². The number of carbonyl (C=O) groups excluding carboxylic acids is 1. The number of fused-ring (bicyclic) bond motifs is 1. The molecule has 0 spiro atoms. The number of hydrogen-bond donors (Lipinski definition) is 1. The lowest BCUT2D eigenvalue weighted by Crippen LogP contribution is -2.25. The second kappa shape index (κ2) is 10.5. The quantitative estimate of drug-likeness (QED) is 0.304. The van der Waals surface area contributed by atoms with Gasteiger partial charge in [-0.1, -0.05) is 35.3 Å². The lowest BCUT2D eigenvalue weighted by atomic mass is 9.89. The number of halogens is 2. The largest absolute Gasteiger partial charge is 0.489 e. The van der Waals surface area contributed by atoms with Crippen LogP contribution in [0.15, 0.2) is 41.4 Å². The molecule has 3 aromatic rings. The minimum absolute atomic E-state index is 0.0273. The summed E-state index contributed by atoms with van der Waals surface area (Å²) in [6.07, 6.45) is 3.85. The minimum Gasteiger partial charge on any atom is -0.489 e. The topological polar surface area (TPSA) is 99.4 Å². The van der Waals surface area contributed by atoms with E-state index in [1.54, 1.807) is 35.9 Å². The number of aromatic nitrogens is 1. The van der Waals surface area contributed by atoms with Gasteiger partial charge in [-0.15, -0.1) is 0 Å². The molecule has 0 saturated carbocycles. The van der Waals surface area contributed by atoms with E-state index >= 15 is 0 Å². The number of Topliss-reactive ketones (excluding diaryl/α,β-unsaturated/α-hetero) is 1. The minimum atomic E-state index is -1.00. The summed E-state index contributed by atoms with van der Waals surface area (Å²) in [5, 5.41) is 10.4. The van der Waals surface area contributed by atoms with Crippen LogP contribution in [0.4, 0.5) is 0 Å². The van der Waals surface area contributed by atoms with Crippen LogP contribution in [-0.2, 0) is 22.1 Å². The fraction of sp³-hybridized carbons (Fsp3) is 0.370. The highest BCUT2D eigenvalue weighted by Gasteiger charge is 2.36. The Balaban J connectivity index is 1.42. The summed E-state index contributed by atoms with van der Waals surface area (Å²) in [5.74, 6) is -0.867. The highest BCUT2D eigenvalue weighted by atomic mass is 35.5. The second-order valence-electron chi connectivity index (χ2n) is 9.31. The van der Waals surface area contributed by atoms with Crippen LogP contribution >= 0.6 is 23.2 Å². The van der Waals surface area contributed by atoms with Crippen LogP contribution < -0.4 is 4.74 Å². The molecule has 3 heterocycles. The van der Waals surface area contributed by atoms with Crippen LogP contribution in [0.3, 0.4) is 0 Å². The number of ether oxygens (including phenoxy) is 3. The monoisotopic (exact) mass is 544 g/mol. The van der Waals surface area contributed by atoms with E-state index in [-0.39, 0.29) is 22.5 Å². The molecule has 0 aliphatic carbocycles. The number of nitrogens with zero attached hydrogens (tertiary/aromatic N) is 2. The van der Waals surface area contributed by atoms with Crippen molar-refractivity contribution in [2.24, 2.45) is 12.0 Å². The number of aryl methyl sites for hydroxylation is 1. The zero-order valence-electron chi connectivity index (χ0n) is 20.2. The first kappa shape index (κ1) is 25.7. The maximum atomic E-state index is 13.3. The molecule has 10 heteroatoms. The number of aromatic carboxylic acids is 1. The van der Waals surface area contributed by atoms with Crippen molar-refractivity contribution in [2.75, 3.05) is 26.4 Å². The Labute approximate surface area is 223 Å². The molecule has 37 heavy (non-hydrogen) atoms. The van der Waals surface area contributed by atoms with Crippen molar-refractivity contribution >= 4 is 52.1 Å². The summed E-state index contributed by atoms with van der Waals surface area (Å²) in [6, 6.07) is 9.98. The first-order valence-electron chi connectivity index (χ1n) is 12.0. The fourth-order valence-electron chi connectivity index (χ4n) is 4.81. The van der Waals surface area contributed by atoms with Gasteiger partial charge >= 0.3 is 5.97 Å². The molecule has 2 unspecified atom stereocenters. The van der Waals surface area contributed by atoms with E-state index in [4.69, 9.17) is 37.4 Å². The first-order valence-corrected chi connectivity index (χ1v) is 12.8. The van der Waals surface area contributed by atoms with Crippen molar-refractivity contribution in [1.29, 1.82) is 0 Å². The molecule has 0 amide bonds. The van der Waals surface area contributed by atoms with E-state index in [1.807, 2.05) is 0 Å². The van der Waals surface area contributed by atoms with Gasteiger partial charge in [0.1, 0.15) is 22.9 Å². The van der Waals surface area contributed by atoms with Gasteiger partial charge in [-0.3, -0.25) is 9.79 Å². The van der Waals surface area contributed by atoms with Gasteiger partial charge < -0.3 is 23.9 Å². The lowest BCUT2D eigenvalue weighted by Gasteiger charge is -2.23. The van der Waals surface area contributed by atoms with E-state index in [0.29, 0.717) is 53.6 Å². The normalized spacial score (nSPS) is 21.8. The van der Waals surface area contributed by atoms with Crippen molar-refractivity contribution < 1.29 is 28.9 Å². The fourth-order valence-corrected chi connectivity index (χ4v) is 5.27. The molecule has 2 saturated heterocycles. The highest BCUT2D eigenvalue weighted by molar-refractivity contribution is 6.46. The number of carbonyl (C=O) groups is 2. The smallest absolute Gasteiger partial charge is 0.335 e. The van der Waals surface area contributed by atoms with Crippen molar-refractivity contribution in [1.82, 2.24) is 4.57 Å². The zero-order valence-corrected chi connectivity index (χ0v) is 21.7. The van der Waals surface area contributed by atoms with Crippen LogP contribution in [0.25, 0.3) is 10.9 Å². The average molecular weight is 545 g/mol. The van der Waals surface area contributed by atoms with Crippen molar-refractivity contribution in [3.8, 4) is 5.75 Å². The molecule has 2 aliphatic rings. The van der Waals surface area contributed by atoms with Gasteiger partial charge in [-0.25, -0.2) is 4.79 Å². The van der Waals surface area contributed by atoms with Crippen LogP contribution in [0.1, 0.15) is 45.7 Å². The van der Waals surface area contributed by atoms with E-state index in [2.05, 4.69) is 4.99 Å². The number of benzene rings is 2. The average Bonchev–Trinajstić information content (AvgIpc) is 3.66. The Kier molecular flexibility index (Phi) is 7.27. The molecule has 1 N–H and O–H groups in total. The summed E-state index contributed by atoms with van der Waals surface area (Å²) >= 11 is 13.1. The highest BCUT2D eigenvalue weighted by Crippen LogP contribution is 2.40. The molecule has 1 aromatic heterocycles. The maximum Gasteiger partial charge on any atom is 0.335 e. The molecular formula is C27H26Cl2N2O6. The van der Waals surface area contributed by atoms with Gasteiger partial charge in [0.15, 0.2) is 0 Å². The molecule has 5 rings (SSSR count). The molecule has 194 valence electrons. The van der Waals surface area contributed by atoms with Crippen molar-refractivity contribution in [3.63, 3.8) is 0 Å². The third-order valence-electron chi connectivity index (χ3n) is 6.99. The van der Waals surface area contributed by atoms with Gasteiger partial charge in [0.05, 0.1) is 40.7 Å². The molecule has 2 fully saturated rings. The van der Waals surface area contributed by atoms with Gasteiger partial charge in [0.2, 0.25) is 5.78 Å². The van der Waals surface area contributed by atoms with Gasteiger partial charge in [0.25, 0.3) is 0 Å². The number of carboxylic acids is 1. The maximum absolute atomic E-state index is 13.3. The van der Waals surface area contributed by atoms with E-state index in [0.717, 1.165) is 25.0 Å². The third kappa shape index (κ3) is 4.99. The van der Waals surface area contributed by atoms with E-state index < -0.39 is 11.5 Å². The van der Waals surface area contributed by atoms with Crippen molar-refractivity contribution in [3.05, 3.63) is 63.3 Å². The lowest BCUT2D eigenvalue weighted by molar-refractivity contribution is 0.0680. The summed E-state index contributed by atoms with van der Waals surface area (Å²) < 4.78 is 18.9. The number of carboxylic acid groups (broad SMARTS) is 1. The standard InChI is InChI=1S/C27H26Cl2N2O6/c1-31-20-12-23(37-14-18-3-2-9-36-18)25(29)24(28)19(20)11-21(31)22(32)13-30-27(8-10-35-15-27)17-6-4-16(5-7-17)26(33)34/h4-7,11-13,18H,2-3,8-10,14-15H2,1H3,(H,33,34). The SMILES string of the molecule is Cn1c(C(=O)C=NC2(c3ccc(C(=O)O)cc3)CCOC2)cc2c(Cl)c(Cl)c(OCC3CCCO3)cc21. The summed E-state index contributed by atoms with van der Waals surface area (Å²) in [7, 11) is 1.77. The Hall–Kier alpha value is -2.91. The molecule has 2 atom stereocenters. The predicted molar refractivity (Wildman–Crippen MR) is 141 cm³/mol. The molecular weight excluding hydrogens is 519 g/mol. The Morgan fingerprint density at radius 2 is 2.00 bits per heavy atom. The Morgan fingerprint density at radius 1 is 1.22 bits per heavy atom. The van der Waals surface area contributed by atoms with Gasteiger partial charge in [-0.05, 0) is 36.6 Å². The molecule has 8 nitrogen and oxygen atoms in total. The number of hydrogen-bond acceptors (Lipinski definition) is 6. The summed E-state index contributed by atoms with van der Waals surface area (Å²) in [4.78, 5) is 29.2. The van der Waals surface area contributed by atoms with Crippen LogP contribution in [0.2, 0.25) is 10.0 Å². The number of aliphatic imine (C=N–C) groups is 1.